The van der Waals surface area contributed by atoms with Crippen LogP contribution in [0.25, 0.3) is 0 Å². The van der Waals surface area contributed by atoms with Gasteiger partial charge < -0.3 is 10.2 Å². The highest BCUT2D eigenvalue weighted by Crippen LogP contribution is 2.21. The van der Waals surface area contributed by atoms with Crippen LogP contribution in [-0.2, 0) is 0 Å². The van der Waals surface area contributed by atoms with Gasteiger partial charge in [-0.25, -0.2) is 0 Å². The van der Waals surface area contributed by atoms with Crippen molar-refractivity contribution in [3.05, 3.63) is 35.4 Å². The van der Waals surface area contributed by atoms with Crippen molar-refractivity contribution in [1.29, 1.82) is 0 Å². The molecule has 120 valence electrons. The molecule has 1 atom stereocenters. The van der Waals surface area contributed by atoms with Gasteiger partial charge in [0.1, 0.15) is 0 Å². The largest absolute Gasteiger partial charge is 0.310 e. The van der Waals surface area contributed by atoms with E-state index in [4.69, 9.17) is 0 Å². The molecule has 0 aromatic heterocycles. The van der Waals surface area contributed by atoms with E-state index in [1.54, 1.807) is 0 Å². The fourth-order valence-electron chi connectivity index (χ4n) is 2.87. The number of benzene rings is 1. The summed E-state index contributed by atoms with van der Waals surface area (Å²) in [5, 5.41) is 3.73. The molecule has 0 spiro atoms. The highest BCUT2D eigenvalue weighted by atomic mass is 15.1. The molecule has 1 unspecified atom stereocenters. The molecule has 2 nitrogen and oxygen atoms in total. The van der Waals surface area contributed by atoms with Crippen LogP contribution in [0.15, 0.2) is 24.3 Å². The van der Waals surface area contributed by atoms with Gasteiger partial charge in [0, 0.05) is 12.6 Å². The molecule has 1 aromatic carbocycles. The summed E-state index contributed by atoms with van der Waals surface area (Å²) in [6.45, 7) is 15.9. The Bertz CT molecular complexity index is 387. The summed E-state index contributed by atoms with van der Waals surface area (Å²) in [5.41, 5.74) is 2.87. The Balaban J connectivity index is 2.68. The van der Waals surface area contributed by atoms with Crippen molar-refractivity contribution >= 4 is 0 Å². The third-order valence-corrected chi connectivity index (χ3v) is 4.01. The van der Waals surface area contributed by atoms with Gasteiger partial charge in [-0.1, -0.05) is 52.0 Å². The van der Waals surface area contributed by atoms with Crippen molar-refractivity contribution in [3.8, 4) is 0 Å². The first-order valence-corrected chi connectivity index (χ1v) is 8.59. The van der Waals surface area contributed by atoms with Gasteiger partial charge in [0.2, 0.25) is 0 Å². The van der Waals surface area contributed by atoms with E-state index in [1.807, 2.05) is 0 Å². The lowest BCUT2D eigenvalue weighted by molar-refractivity contribution is 0.241. The third-order valence-electron chi connectivity index (χ3n) is 4.01. The van der Waals surface area contributed by atoms with Crippen molar-refractivity contribution in [2.45, 2.75) is 53.5 Å². The molecule has 0 amide bonds. The second-order valence-electron chi connectivity index (χ2n) is 6.44. The van der Waals surface area contributed by atoms with Gasteiger partial charge in [0.15, 0.2) is 0 Å². The summed E-state index contributed by atoms with van der Waals surface area (Å²) in [6, 6.07) is 9.28. The Labute approximate surface area is 131 Å². The van der Waals surface area contributed by atoms with Gasteiger partial charge in [-0.3, -0.25) is 0 Å². The summed E-state index contributed by atoms with van der Waals surface area (Å²) < 4.78 is 0. The number of rotatable bonds is 10. The minimum absolute atomic E-state index is 0.479. The van der Waals surface area contributed by atoms with Gasteiger partial charge in [-0.05, 0) is 56.4 Å². The van der Waals surface area contributed by atoms with Crippen LogP contribution in [0.2, 0.25) is 0 Å². The molecule has 0 heterocycles. The van der Waals surface area contributed by atoms with Crippen molar-refractivity contribution in [1.82, 2.24) is 10.2 Å². The number of hydrogen-bond donors (Lipinski definition) is 1. The Kier molecular flexibility index (Phi) is 8.63. The Morgan fingerprint density at radius 1 is 1.14 bits per heavy atom. The molecule has 0 saturated heterocycles. The lowest BCUT2D eigenvalue weighted by Crippen LogP contribution is -2.32. The molecule has 21 heavy (non-hydrogen) atoms. The van der Waals surface area contributed by atoms with Crippen molar-refractivity contribution < 1.29 is 0 Å². The number of nitrogens with one attached hydrogen (secondary N) is 1. The molecule has 0 fully saturated rings. The zero-order chi connectivity index (χ0) is 15.7. The second-order valence-corrected chi connectivity index (χ2v) is 6.44. The molecule has 0 aliphatic carbocycles. The first-order chi connectivity index (χ1) is 10.1. The van der Waals surface area contributed by atoms with Crippen molar-refractivity contribution in [2.24, 2.45) is 5.92 Å². The van der Waals surface area contributed by atoms with E-state index in [9.17, 15) is 0 Å². The van der Waals surface area contributed by atoms with E-state index >= 15 is 0 Å². The monoisotopic (exact) mass is 290 g/mol. The molecule has 0 saturated carbocycles. The van der Waals surface area contributed by atoms with Crippen LogP contribution in [0, 0.1) is 12.8 Å². The molecule has 0 aliphatic rings. The van der Waals surface area contributed by atoms with Crippen LogP contribution in [0.1, 0.15) is 57.7 Å². The average Bonchev–Trinajstić information content (AvgIpc) is 2.46. The molecule has 2 heteroatoms. The van der Waals surface area contributed by atoms with E-state index in [-0.39, 0.29) is 0 Å². The lowest BCUT2D eigenvalue weighted by Gasteiger charge is -2.27. The fourth-order valence-corrected chi connectivity index (χ4v) is 2.87. The standard InChI is InChI=1S/C19H34N2/c1-6-13-20-19(18-11-9-8-10-17(18)5)12-14-21(7-2)15-16(3)4/h8-11,16,19-20H,6-7,12-15H2,1-5H3. The van der Waals surface area contributed by atoms with Gasteiger partial charge in [0.05, 0.1) is 0 Å². The highest BCUT2D eigenvalue weighted by molar-refractivity contribution is 5.28. The molecular weight excluding hydrogens is 256 g/mol. The van der Waals surface area contributed by atoms with Crippen molar-refractivity contribution in [3.63, 3.8) is 0 Å². The van der Waals surface area contributed by atoms with Gasteiger partial charge in [-0.15, -0.1) is 0 Å². The zero-order valence-electron chi connectivity index (χ0n) is 14.7. The predicted octanol–water partition coefficient (Wildman–Crippen LogP) is 4.40. The molecule has 0 radical (unpaired) electrons. The molecule has 0 aliphatic heterocycles. The molecule has 1 rings (SSSR count). The molecule has 1 N–H and O–H groups in total. The SMILES string of the molecule is CCCNC(CCN(CC)CC(C)C)c1ccccc1C. The van der Waals surface area contributed by atoms with Gasteiger partial charge >= 0.3 is 0 Å². The Hall–Kier alpha value is -0.860. The number of aryl methyl sites for hydroxylation is 1. The van der Waals surface area contributed by atoms with E-state index in [0.717, 1.165) is 19.0 Å². The number of hydrogen-bond acceptors (Lipinski definition) is 2. The minimum atomic E-state index is 0.479. The topological polar surface area (TPSA) is 15.3 Å². The van der Waals surface area contributed by atoms with Crippen LogP contribution < -0.4 is 5.32 Å². The van der Waals surface area contributed by atoms with Gasteiger partial charge in [-0.2, -0.15) is 0 Å². The van der Waals surface area contributed by atoms with Crippen LogP contribution in [0.5, 0.6) is 0 Å². The molecule has 1 aromatic rings. The van der Waals surface area contributed by atoms with Gasteiger partial charge in [0.25, 0.3) is 0 Å². The van der Waals surface area contributed by atoms with Crippen LogP contribution in [0.4, 0.5) is 0 Å². The van der Waals surface area contributed by atoms with E-state index in [1.165, 1.54) is 37.1 Å². The van der Waals surface area contributed by atoms with Crippen molar-refractivity contribution in [2.75, 3.05) is 26.2 Å². The summed E-state index contributed by atoms with van der Waals surface area (Å²) in [6.07, 6.45) is 2.37. The first-order valence-electron chi connectivity index (χ1n) is 8.59. The quantitative estimate of drug-likeness (QED) is 0.687. The summed E-state index contributed by atoms with van der Waals surface area (Å²) >= 11 is 0. The summed E-state index contributed by atoms with van der Waals surface area (Å²) in [7, 11) is 0. The zero-order valence-corrected chi connectivity index (χ0v) is 14.7. The smallest absolute Gasteiger partial charge is 0.0335 e. The predicted molar refractivity (Wildman–Crippen MR) is 93.8 cm³/mol. The Morgan fingerprint density at radius 2 is 1.86 bits per heavy atom. The average molecular weight is 290 g/mol. The van der Waals surface area contributed by atoms with E-state index in [2.05, 4.69) is 69.1 Å². The molecule has 0 bridgehead atoms. The minimum Gasteiger partial charge on any atom is -0.310 e. The second kappa shape index (κ2) is 9.97. The fraction of sp³-hybridized carbons (Fsp3) is 0.684. The van der Waals surface area contributed by atoms with E-state index < -0.39 is 0 Å². The number of nitrogens with zero attached hydrogens (tertiary/aromatic N) is 1. The van der Waals surface area contributed by atoms with Crippen LogP contribution >= 0.6 is 0 Å². The Morgan fingerprint density at radius 3 is 2.43 bits per heavy atom. The van der Waals surface area contributed by atoms with Crippen LogP contribution in [-0.4, -0.2) is 31.1 Å². The van der Waals surface area contributed by atoms with E-state index in [0.29, 0.717) is 6.04 Å². The first kappa shape index (κ1) is 18.2. The lowest BCUT2D eigenvalue weighted by atomic mass is 9.98. The maximum absolute atomic E-state index is 3.73. The summed E-state index contributed by atoms with van der Waals surface area (Å²) in [5.74, 6) is 0.741. The normalized spacial score (nSPS) is 13.1. The molecular formula is C19H34N2. The highest BCUT2D eigenvalue weighted by Gasteiger charge is 2.14. The maximum atomic E-state index is 3.73. The summed E-state index contributed by atoms with van der Waals surface area (Å²) in [4.78, 5) is 2.57. The maximum Gasteiger partial charge on any atom is 0.0335 e. The third kappa shape index (κ3) is 6.62. The van der Waals surface area contributed by atoms with Crippen LogP contribution in [0.3, 0.4) is 0 Å².